The van der Waals surface area contributed by atoms with Crippen LogP contribution in [0.2, 0.25) is 0 Å². The summed E-state index contributed by atoms with van der Waals surface area (Å²) in [5.41, 5.74) is 6.15. The number of hydrogen-bond acceptors (Lipinski definition) is 5. The molecular formula is C13H11FN2O2S2. The quantitative estimate of drug-likeness (QED) is 0.656. The van der Waals surface area contributed by atoms with E-state index in [4.69, 9.17) is 5.73 Å². The Hall–Kier alpha value is -1.73. The number of aromatic nitrogens is 1. The van der Waals surface area contributed by atoms with Crippen molar-refractivity contribution < 1.29 is 14.0 Å². The van der Waals surface area contributed by atoms with Gasteiger partial charge in [0.25, 0.3) is 0 Å². The summed E-state index contributed by atoms with van der Waals surface area (Å²) in [7, 11) is 0. The topological polar surface area (TPSA) is 73.1 Å². The summed E-state index contributed by atoms with van der Waals surface area (Å²) < 4.78 is 13.5. The average molecular weight is 310 g/mol. The summed E-state index contributed by atoms with van der Waals surface area (Å²) in [4.78, 5) is 26.8. The zero-order valence-corrected chi connectivity index (χ0v) is 12.0. The van der Waals surface area contributed by atoms with Crippen molar-refractivity contribution in [2.75, 3.05) is 5.75 Å². The van der Waals surface area contributed by atoms with Gasteiger partial charge in [-0.25, -0.2) is 9.37 Å². The van der Waals surface area contributed by atoms with Crippen LogP contribution in [0.15, 0.2) is 34.0 Å². The molecule has 2 N–H and O–H groups in total. The highest BCUT2D eigenvalue weighted by Gasteiger charge is 2.10. The van der Waals surface area contributed by atoms with Crippen LogP contribution in [0.1, 0.15) is 16.1 Å². The Morgan fingerprint density at radius 1 is 1.30 bits per heavy atom. The smallest absolute Gasteiger partial charge is 0.223 e. The van der Waals surface area contributed by atoms with E-state index in [1.54, 1.807) is 5.38 Å². The van der Waals surface area contributed by atoms with Crippen molar-refractivity contribution in [3.8, 4) is 0 Å². The molecule has 2 aromatic rings. The van der Waals surface area contributed by atoms with E-state index in [0.717, 1.165) is 0 Å². The largest absolute Gasteiger partial charge is 0.369 e. The first-order chi connectivity index (χ1) is 9.54. The van der Waals surface area contributed by atoms with Crippen molar-refractivity contribution >= 4 is 34.8 Å². The maximum atomic E-state index is 12.7. The highest BCUT2D eigenvalue weighted by atomic mass is 32.2. The van der Waals surface area contributed by atoms with Crippen LogP contribution in [0.3, 0.4) is 0 Å². The van der Waals surface area contributed by atoms with Gasteiger partial charge in [-0.3, -0.25) is 9.59 Å². The first-order valence-corrected chi connectivity index (χ1v) is 7.55. The summed E-state index contributed by atoms with van der Waals surface area (Å²) in [5, 5.41) is 1.75. The van der Waals surface area contributed by atoms with E-state index in [1.807, 2.05) is 0 Å². The van der Waals surface area contributed by atoms with Crippen LogP contribution >= 0.6 is 23.1 Å². The number of carbonyl (C=O) groups is 2. The maximum absolute atomic E-state index is 12.7. The van der Waals surface area contributed by atoms with Crippen LogP contribution in [-0.2, 0) is 11.2 Å². The van der Waals surface area contributed by atoms with Crippen LogP contribution in [0, 0.1) is 5.82 Å². The third-order valence-electron chi connectivity index (χ3n) is 2.38. The van der Waals surface area contributed by atoms with E-state index in [2.05, 4.69) is 4.98 Å². The molecule has 0 saturated carbocycles. The fourth-order valence-electron chi connectivity index (χ4n) is 1.46. The predicted octanol–water partition coefficient (Wildman–Crippen LogP) is 2.29. The van der Waals surface area contributed by atoms with Crippen molar-refractivity contribution in [3.05, 3.63) is 46.7 Å². The molecule has 0 atom stereocenters. The number of nitrogens with zero attached hydrogens (tertiary/aromatic N) is 1. The van der Waals surface area contributed by atoms with Crippen LogP contribution in [-0.4, -0.2) is 22.4 Å². The van der Waals surface area contributed by atoms with Gasteiger partial charge in [0, 0.05) is 10.9 Å². The predicted molar refractivity (Wildman–Crippen MR) is 76.5 cm³/mol. The molecule has 1 aromatic heterocycles. The lowest BCUT2D eigenvalue weighted by Gasteiger charge is -1.99. The minimum absolute atomic E-state index is 0.0957. The fraction of sp³-hybridized carbons (Fsp3) is 0.154. The number of primary amides is 1. The van der Waals surface area contributed by atoms with Gasteiger partial charge in [0.15, 0.2) is 10.1 Å². The van der Waals surface area contributed by atoms with E-state index in [-0.39, 0.29) is 23.8 Å². The van der Waals surface area contributed by atoms with Crippen molar-refractivity contribution in [2.45, 2.75) is 10.8 Å². The number of thioether (sulfide) groups is 1. The third-order valence-corrected chi connectivity index (χ3v) is 4.45. The molecule has 0 aliphatic rings. The minimum Gasteiger partial charge on any atom is -0.369 e. The molecular weight excluding hydrogens is 299 g/mol. The molecule has 0 spiro atoms. The Bertz CT molecular complexity index is 626. The summed E-state index contributed by atoms with van der Waals surface area (Å²) in [6.45, 7) is 0. The Morgan fingerprint density at radius 2 is 2.00 bits per heavy atom. The molecule has 104 valence electrons. The number of thiazole rings is 1. The molecule has 0 aliphatic carbocycles. The molecule has 7 heteroatoms. The Morgan fingerprint density at radius 3 is 2.65 bits per heavy atom. The molecule has 0 radical (unpaired) electrons. The minimum atomic E-state index is -0.436. The van der Waals surface area contributed by atoms with Crippen LogP contribution in [0.4, 0.5) is 4.39 Å². The first kappa shape index (κ1) is 14.7. The van der Waals surface area contributed by atoms with E-state index >= 15 is 0 Å². The van der Waals surface area contributed by atoms with Gasteiger partial charge in [-0.15, -0.1) is 11.3 Å². The number of Topliss-reactive ketones (excluding diaryl/α,β-unsaturated/α-hetero) is 1. The molecule has 0 saturated heterocycles. The summed E-state index contributed by atoms with van der Waals surface area (Å²) in [6.07, 6.45) is 0.100. The average Bonchev–Trinajstić information content (AvgIpc) is 2.83. The number of rotatable bonds is 6. The van der Waals surface area contributed by atoms with Crippen molar-refractivity contribution in [1.82, 2.24) is 4.98 Å². The molecule has 0 unspecified atom stereocenters. The lowest BCUT2D eigenvalue weighted by atomic mass is 10.1. The Labute approximate surface area is 123 Å². The van der Waals surface area contributed by atoms with Gasteiger partial charge in [-0.1, -0.05) is 11.8 Å². The molecule has 0 fully saturated rings. The van der Waals surface area contributed by atoms with Gasteiger partial charge in [0.1, 0.15) is 5.82 Å². The zero-order valence-electron chi connectivity index (χ0n) is 10.3. The lowest BCUT2D eigenvalue weighted by Crippen LogP contribution is -2.13. The van der Waals surface area contributed by atoms with Gasteiger partial charge in [-0.2, -0.15) is 0 Å². The normalized spacial score (nSPS) is 10.4. The van der Waals surface area contributed by atoms with Gasteiger partial charge in [-0.05, 0) is 24.3 Å². The van der Waals surface area contributed by atoms with Crippen LogP contribution in [0.25, 0.3) is 0 Å². The molecule has 1 aromatic carbocycles. The van der Waals surface area contributed by atoms with Crippen molar-refractivity contribution in [2.24, 2.45) is 5.73 Å². The first-order valence-electron chi connectivity index (χ1n) is 5.69. The highest BCUT2D eigenvalue weighted by Crippen LogP contribution is 2.23. The second-order valence-corrected chi connectivity index (χ2v) is 6.05. The summed E-state index contributed by atoms with van der Waals surface area (Å²) >= 11 is 2.65. The standard InChI is InChI=1S/C13H11FN2O2S2/c14-9-3-1-8(2-4-9)11(17)7-20-13-16-10(6-19-13)5-12(15)18/h1-4,6H,5,7H2,(H2,15,18). The molecule has 0 bridgehead atoms. The second kappa shape index (κ2) is 6.62. The number of benzene rings is 1. The maximum Gasteiger partial charge on any atom is 0.223 e. The number of carbonyl (C=O) groups excluding carboxylic acids is 2. The van der Waals surface area contributed by atoms with Gasteiger partial charge < -0.3 is 5.73 Å². The van der Waals surface area contributed by atoms with Crippen molar-refractivity contribution in [1.29, 1.82) is 0 Å². The number of halogens is 1. The van der Waals surface area contributed by atoms with Crippen LogP contribution in [0.5, 0.6) is 0 Å². The number of ketones is 1. The molecule has 1 amide bonds. The van der Waals surface area contributed by atoms with Gasteiger partial charge in [0.2, 0.25) is 5.91 Å². The summed E-state index contributed by atoms with van der Waals surface area (Å²) in [5.74, 6) is -0.684. The number of nitrogens with two attached hydrogens (primary N) is 1. The third kappa shape index (κ3) is 4.14. The van der Waals surface area contributed by atoms with Crippen molar-refractivity contribution in [3.63, 3.8) is 0 Å². The fourth-order valence-corrected chi connectivity index (χ4v) is 3.20. The van der Waals surface area contributed by atoms with E-state index in [1.165, 1.54) is 47.4 Å². The van der Waals surface area contributed by atoms with Gasteiger partial charge in [0.05, 0.1) is 17.9 Å². The Balaban J connectivity index is 1.91. The number of hydrogen-bond donors (Lipinski definition) is 1. The van der Waals surface area contributed by atoms with Gasteiger partial charge >= 0.3 is 0 Å². The molecule has 4 nitrogen and oxygen atoms in total. The lowest BCUT2D eigenvalue weighted by molar-refractivity contribution is -0.117. The number of amides is 1. The molecule has 20 heavy (non-hydrogen) atoms. The zero-order chi connectivity index (χ0) is 14.5. The Kier molecular flexibility index (Phi) is 4.86. The second-order valence-electron chi connectivity index (χ2n) is 3.97. The molecule has 2 rings (SSSR count). The molecule has 1 heterocycles. The van der Waals surface area contributed by atoms with E-state index < -0.39 is 5.91 Å². The van der Waals surface area contributed by atoms with E-state index in [9.17, 15) is 14.0 Å². The van der Waals surface area contributed by atoms with Crippen LogP contribution < -0.4 is 5.73 Å². The summed E-state index contributed by atoms with van der Waals surface area (Å²) in [6, 6.07) is 5.43. The monoisotopic (exact) mass is 310 g/mol. The SMILES string of the molecule is NC(=O)Cc1csc(SCC(=O)c2ccc(F)cc2)n1. The highest BCUT2D eigenvalue weighted by molar-refractivity contribution is 8.01. The molecule has 0 aliphatic heterocycles. The van der Waals surface area contributed by atoms with E-state index in [0.29, 0.717) is 15.6 Å².